The molecule has 1 aromatic carbocycles. The summed E-state index contributed by atoms with van der Waals surface area (Å²) in [6, 6.07) is 9.05. The first-order valence-electron chi connectivity index (χ1n) is 10.6. The Morgan fingerprint density at radius 1 is 1.16 bits per heavy atom. The monoisotopic (exact) mass is 429 g/mol. The molecule has 0 aliphatic carbocycles. The summed E-state index contributed by atoms with van der Waals surface area (Å²) in [6.07, 6.45) is 7.99. The minimum Gasteiger partial charge on any atom is -0.346 e. The van der Waals surface area contributed by atoms with Crippen LogP contribution in [0.3, 0.4) is 0 Å². The molecule has 0 radical (unpaired) electrons. The Morgan fingerprint density at radius 2 is 1.97 bits per heavy atom. The summed E-state index contributed by atoms with van der Waals surface area (Å²) in [5, 5.41) is 0.858. The van der Waals surface area contributed by atoms with E-state index in [0.29, 0.717) is 29.7 Å². The fraction of sp³-hybridized carbons (Fsp3) is 0.250. The molecule has 8 nitrogen and oxygen atoms in total. The maximum atomic E-state index is 12.8. The maximum absolute atomic E-state index is 12.8. The zero-order valence-electron chi connectivity index (χ0n) is 17.7. The summed E-state index contributed by atoms with van der Waals surface area (Å²) in [5.74, 6) is -0.182. The number of hydrogen-bond donors (Lipinski definition) is 2. The van der Waals surface area contributed by atoms with E-state index in [9.17, 15) is 14.4 Å². The summed E-state index contributed by atoms with van der Waals surface area (Å²) >= 11 is 0. The molecule has 5 rings (SSSR count). The number of rotatable bonds is 5. The van der Waals surface area contributed by atoms with Gasteiger partial charge >= 0.3 is 5.69 Å². The number of aromatic nitrogens is 4. The number of allylic oxidation sites excluding steroid dienone is 1. The van der Waals surface area contributed by atoms with E-state index < -0.39 is 0 Å². The van der Waals surface area contributed by atoms with Gasteiger partial charge in [-0.2, -0.15) is 0 Å². The molecule has 1 aliphatic heterocycles. The lowest BCUT2D eigenvalue weighted by Gasteiger charge is -2.29. The van der Waals surface area contributed by atoms with Crippen molar-refractivity contribution in [2.75, 3.05) is 6.54 Å². The van der Waals surface area contributed by atoms with Gasteiger partial charge < -0.3 is 14.9 Å². The van der Waals surface area contributed by atoms with E-state index in [1.165, 1.54) is 0 Å². The largest absolute Gasteiger partial charge is 0.346 e. The Bertz CT molecular complexity index is 1410. The second kappa shape index (κ2) is 7.96. The summed E-state index contributed by atoms with van der Waals surface area (Å²) in [6.45, 7) is 2.34. The number of carbonyl (C=O) groups excluding carboxylic acids is 2. The van der Waals surface area contributed by atoms with Crippen molar-refractivity contribution in [3.8, 4) is 0 Å². The van der Waals surface area contributed by atoms with Crippen LogP contribution >= 0.6 is 0 Å². The van der Waals surface area contributed by atoms with E-state index in [-0.39, 0.29) is 36.3 Å². The molecule has 8 heteroatoms. The van der Waals surface area contributed by atoms with Crippen LogP contribution < -0.4 is 5.69 Å². The summed E-state index contributed by atoms with van der Waals surface area (Å²) in [4.78, 5) is 49.9. The lowest BCUT2D eigenvalue weighted by atomic mass is 10.0. The lowest BCUT2D eigenvalue weighted by Crippen LogP contribution is -2.37. The van der Waals surface area contributed by atoms with E-state index in [4.69, 9.17) is 0 Å². The number of nitrogens with one attached hydrogen (secondary N) is 2. The highest BCUT2D eigenvalue weighted by molar-refractivity contribution is 6.01. The molecule has 1 unspecified atom stereocenters. The van der Waals surface area contributed by atoms with Gasteiger partial charge in [-0.25, -0.2) is 9.78 Å². The number of Topliss-reactive ketones (excluding diaryl/α,β-unsaturated/α-hetero) is 1. The van der Waals surface area contributed by atoms with Crippen molar-refractivity contribution in [1.82, 2.24) is 24.4 Å². The van der Waals surface area contributed by atoms with Crippen LogP contribution in [0.4, 0.5) is 0 Å². The van der Waals surface area contributed by atoms with Gasteiger partial charge in [-0.3, -0.25) is 14.2 Å². The molecule has 0 saturated heterocycles. The number of amides is 1. The van der Waals surface area contributed by atoms with Crippen molar-refractivity contribution >= 4 is 33.8 Å². The molecule has 4 aromatic rings. The Kier molecular flexibility index (Phi) is 4.97. The Balaban J connectivity index is 1.34. The third kappa shape index (κ3) is 3.53. The molecule has 0 spiro atoms. The number of aryl methyl sites for hydroxylation is 1. The zero-order valence-corrected chi connectivity index (χ0v) is 17.7. The number of pyridine rings is 1. The van der Waals surface area contributed by atoms with Crippen LogP contribution in [-0.4, -0.2) is 42.7 Å². The van der Waals surface area contributed by atoms with Crippen molar-refractivity contribution in [2.45, 2.75) is 32.2 Å². The average Bonchev–Trinajstić information content (AvgIpc) is 3.41. The Morgan fingerprint density at radius 3 is 2.78 bits per heavy atom. The van der Waals surface area contributed by atoms with Gasteiger partial charge in [-0.05, 0) is 19.4 Å². The summed E-state index contributed by atoms with van der Waals surface area (Å²) in [5.41, 5.74) is 3.63. The quantitative estimate of drug-likeness (QED) is 0.474. The van der Waals surface area contributed by atoms with Crippen molar-refractivity contribution in [3.63, 3.8) is 0 Å². The normalized spacial score (nSPS) is 16.2. The van der Waals surface area contributed by atoms with Gasteiger partial charge in [0.2, 0.25) is 5.91 Å². The SMILES string of the molecule is Cc1ccc(C(=O)CCC(=O)N2C=CCC(n3c(=O)[nH]c4cnc5[nH]ccc5c43)C2)cc1. The molecule has 2 N–H and O–H groups in total. The molecular weight excluding hydrogens is 406 g/mol. The molecule has 162 valence electrons. The zero-order chi connectivity index (χ0) is 22.2. The molecule has 3 aromatic heterocycles. The third-order valence-electron chi connectivity index (χ3n) is 5.99. The lowest BCUT2D eigenvalue weighted by molar-refractivity contribution is -0.129. The van der Waals surface area contributed by atoms with Crippen LogP contribution in [0.25, 0.3) is 22.1 Å². The summed E-state index contributed by atoms with van der Waals surface area (Å²) in [7, 11) is 0. The smallest absolute Gasteiger partial charge is 0.326 e. The molecule has 1 amide bonds. The first-order valence-corrected chi connectivity index (χ1v) is 10.6. The number of aromatic amines is 2. The predicted molar refractivity (Wildman–Crippen MR) is 121 cm³/mol. The number of carbonyl (C=O) groups is 2. The molecule has 4 heterocycles. The van der Waals surface area contributed by atoms with Crippen LogP contribution in [0.1, 0.15) is 41.2 Å². The van der Waals surface area contributed by atoms with E-state index in [1.807, 2.05) is 31.2 Å². The van der Waals surface area contributed by atoms with Crippen molar-refractivity contribution in [1.29, 1.82) is 0 Å². The van der Waals surface area contributed by atoms with Gasteiger partial charge in [0.05, 0.1) is 23.3 Å². The van der Waals surface area contributed by atoms with Crippen LogP contribution in [0, 0.1) is 6.92 Å². The average molecular weight is 429 g/mol. The fourth-order valence-electron chi connectivity index (χ4n) is 4.30. The minimum atomic E-state index is -0.224. The number of benzene rings is 1. The van der Waals surface area contributed by atoms with Crippen LogP contribution in [0.5, 0.6) is 0 Å². The van der Waals surface area contributed by atoms with Gasteiger partial charge in [0.15, 0.2) is 5.78 Å². The van der Waals surface area contributed by atoms with E-state index >= 15 is 0 Å². The van der Waals surface area contributed by atoms with Crippen molar-refractivity contribution in [2.24, 2.45) is 0 Å². The number of ketones is 1. The first kappa shape index (κ1) is 20.0. The standard InChI is InChI=1S/C24H23N5O3/c1-15-4-6-16(7-5-15)20(30)8-9-21(31)28-12-2-3-17(14-28)29-22-18-10-11-25-23(18)26-13-19(22)27-24(29)32/h2,4-7,10-13,17H,3,8-9,14H2,1H3,(H,25,26)(H,27,32). The highest BCUT2D eigenvalue weighted by Crippen LogP contribution is 2.27. The molecule has 1 aliphatic rings. The van der Waals surface area contributed by atoms with Gasteiger partial charge in [-0.15, -0.1) is 0 Å². The van der Waals surface area contributed by atoms with Crippen molar-refractivity contribution < 1.29 is 9.59 Å². The third-order valence-corrected chi connectivity index (χ3v) is 5.99. The Labute approximate surface area is 183 Å². The minimum absolute atomic E-state index is 0.0499. The number of hydrogen-bond acceptors (Lipinski definition) is 4. The second-order valence-electron chi connectivity index (χ2n) is 8.17. The number of imidazole rings is 1. The predicted octanol–water partition coefficient (Wildman–Crippen LogP) is 3.46. The number of H-pyrrole nitrogens is 2. The maximum Gasteiger partial charge on any atom is 0.326 e. The van der Waals surface area contributed by atoms with Gasteiger partial charge in [0, 0.05) is 42.7 Å². The van der Waals surface area contributed by atoms with E-state index in [2.05, 4.69) is 15.0 Å². The highest BCUT2D eigenvalue weighted by Gasteiger charge is 2.25. The highest BCUT2D eigenvalue weighted by atomic mass is 16.2. The fourth-order valence-corrected chi connectivity index (χ4v) is 4.30. The molecule has 0 saturated carbocycles. The second-order valence-corrected chi connectivity index (χ2v) is 8.17. The van der Waals surface area contributed by atoms with Gasteiger partial charge in [0.1, 0.15) is 5.65 Å². The van der Waals surface area contributed by atoms with Crippen LogP contribution in [0.2, 0.25) is 0 Å². The molecule has 32 heavy (non-hydrogen) atoms. The molecular formula is C24H23N5O3. The summed E-state index contributed by atoms with van der Waals surface area (Å²) < 4.78 is 1.72. The van der Waals surface area contributed by atoms with Crippen molar-refractivity contribution in [3.05, 3.63) is 76.6 Å². The van der Waals surface area contributed by atoms with E-state index in [0.717, 1.165) is 16.5 Å². The van der Waals surface area contributed by atoms with Crippen LogP contribution in [0.15, 0.2) is 59.8 Å². The molecule has 1 atom stereocenters. The number of fused-ring (bicyclic) bond motifs is 3. The van der Waals surface area contributed by atoms with E-state index in [1.54, 1.807) is 40.2 Å². The molecule has 0 bridgehead atoms. The Hall–Kier alpha value is -3.94. The topological polar surface area (TPSA) is 104 Å². The van der Waals surface area contributed by atoms with Gasteiger partial charge in [0.25, 0.3) is 0 Å². The van der Waals surface area contributed by atoms with Gasteiger partial charge in [-0.1, -0.05) is 35.9 Å². The molecule has 0 fully saturated rings. The number of nitrogens with zero attached hydrogens (tertiary/aromatic N) is 3. The van der Waals surface area contributed by atoms with Crippen LogP contribution in [-0.2, 0) is 4.79 Å². The first-order chi connectivity index (χ1) is 15.5.